The lowest BCUT2D eigenvalue weighted by atomic mass is 10.0. The molecule has 3 aromatic carbocycles. The molecule has 1 atom stereocenters. The quantitative estimate of drug-likeness (QED) is 0.312. The highest BCUT2D eigenvalue weighted by Crippen LogP contribution is 2.39. The molecule has 1 aliphatic heterocycles. The molecule has 0 saturated heterocycles. The van der Waals surface area contributed by atoms with E-state index >= 15 is 0 Å². The van der Waals surface area contributed by atoms with Gasteiger partial charge in [0.15, 0.2) is 0 Å². The second-order valence-electron chi connectivity index (χ2n) is 9.03. The maximum Gasteiger partial charge on any atom is 0.322 e. The molecule has 0 fully saturated rings. The van der Waals surface area contributed by atoms with Gasteiger partial charge in [-0.25, -0.2) is 13.9 Å². The molecule has 2 amide bonds. The maximum absolute atomic E-state index is 13.9. The first-order valence-corrected chi connectivity index (χ1v) is 12.4. The number of carbonyl (C=O) groups is 1. The van der Waals surface area contributed by atoms with Crippen molar-refractivity contribution in [3.8, 4) is 11.5 Å². The van der Waals surface area contributed by atoms with Gasteiger partial charge >= 0.3 is 6.03 Å². The molecule has 6 rings (SSSR count). The molecule has 0 saturated carbocycles. The first-order chi connectivity index (χ1) is 18.1. The Bertz CT molecular complexity index is 1540. The van der Waals surface area contributed by atoms with Crippen LogP contribution in [0.15, 0.2) is 103 Å². The monoisotopic (exact) mass is 491 g/mol. The zero-order valence-corrected chi connectivity index (χ0v) is 20.4. The zero-order chi connectivity index (χ0) is 25.4. The Balaban J connectivity index is 1.56. The van der Waals surface area contributed by atoms with E-state index in [0.717, 1.165) is 34.0 Å². The lowest BCUT2D eigenvalue weighted by molar-refractivity contribution is 0.194. The largest absolute Gasteiger partial charge is 0.322 e. The fraction of sp³-hybridized carbons (Fsp3) is 0.133. The van der Waals surface area contributed by atoms with E-state index in [9.17, 15) is 9.18 Å². The number of benzene rings is 3. The third kappa shape index (κ3) is 4.08. The van der Waals surface area contributed by atoms with E-state index in [0.29, 0.717) is 18.7 Å². The molecule has 0 radical (unpaired) electrons. The van der Waals surface area contributed by atoms with Gasteiger partial charge in [-0.05, 0) is 60.5 Å². The maximum atomic E-state index is 13.9. The van der Waals surface area contributed by atoms with Gasteiger partial charge in [0.1, 0.15) is 11.6 Å². The van der Waals surface area contributed by atoms with Crippen LogP contribution in [0, 0.1) is 5.82 Å². The highest BCUT2D eigenvalue weighted by atomic mass is 19.1. The van der Waals surface area contributed by atoms with Crippen LogP contribution in [0.4, 0.5) is 14.9 Å². The number of urea groups is 1. The molecule has 1 N–H and O–H groups in total. The molecule has 0 bridgehead atoms. The summed E-state index contributed by atoms with van der Waals surface area (Å²) in [5.74, 6) is 0.592. The van der Waals surface area contributed by atoms with Gasteiger partial charge in [-0.3, -0.25) is 0 Å². The summed E-state index contributed by atoms with van der Waals surface area (Å²) in [5, 5.41) is 8.03. The fourth-order valence-corrected chi connectivity index (χ4v) is 5.06. The molecule has 0 unspecified atom stereocenters. The van der Waals surface area contributed by atoms with E-state index < -0.39 is 6.04 Å². The Morgan fingerprint density at radius 1 is 0.946 bits per heavy atom. The zero-order valence-electron chi connectivity index (χ0n) is 20.4. The summed E-state index contributed by atoms with van der Waals surface area (Å²) in [5.41, 5.74) is 5.28. The molecule has 2 aromatic heterocycles. The van der Waals surface area contributed by atoms with Crippen LogP contribution in [-0.2, 0) is 13.0 Å². The summed E-state index contributed by atoms with van der Waals surface area (Å²) in [6, 6.07) is 29.1. The Labute approximate surface area is 214 Å². The molecule has 0 aliphatic carbocycles. The molecule has 1 aliphatic rings. The Kier molecular flexibility index (Phi) is 5.81. The third-order valence-corrected chi connectivity index (χ3v) is 6.78. The van der Waals surface area contributed by atoms with E-state index in [-0.39, 0.29) is 11.8 Å². The van der Waals surface area contributed by atoms with Gasteiger partial charge in [0.25, 0.3) is 0 Å². The number of hydrogen-bond acceptors (Lipinski definition) is 2. The average Bonchev–Trinajstić information content (AvgIpc) is 3.51. The number of anilines is 1. The van der Waals surface area contributed by atoms with Crippen LogP contribution in [0.5, 0.6) is 0 Å². The summed E-state index contributed by atoms with van der Waals surface area (Å²) in [6.07, 6.45) is 2.72. The van der Waals surface area contributed by atoms with E-state index in [1.54, 1.807) is 12.1 Å². The number of amides is 2. The number of nitrogens with zero attached hydrogens (tertiary/aromatic N) is 4. The van der Waals surface area contributed by atoms with Crippen molar-refractivity contribution in [2.75, 3.05) is 5.32 Å². The molecule has 37 heavy (non-hydrogen) atoms. The number of hydrogen-bond donors (Lipinski definition) is 1. The Hall–Kier alpha value is -4.65. The summed E-state index contributed by atoms with van der Waals surface area (Å²) >= 11 is 0. The van der Waals surface area contributed by atoms with Gasteiger partial charge in [-0.2, -0.15) is 5.10 Å². The predicted molar refractivity (Wildman–Crippen MR) is 142 cm³/mol. The number of carbonyl (C=O) groups excluding carboxylic acids is 1. The molecule has 6 nitrogen and oxygen atoms in total. The van der Waals surface area contributed by atoms with Crippen molar-refractivity contribution < 1.29 is 9.18 Å². The van der Waals surface area contributed by atoms with Crippen molar-refractivity contribution in [1.82, 2.24) is 19.2 Å². The van der Waals surface area contributed by atoms with Crippen molar-refractivity contribution in [2.24, 2.45) is 0 Å². The van der Waals surface area contributed by atoms with Crippen LogP contribution >= 0.6 is 0 Å². The number of aryl methyl sites for hydroxylation is 1. The van der Waals surface area contributed by atoms with Gasteiger partial charge in [-0.1, -0.05) is 55.5 Å². The molecule has 3 heterocycles. The summed E-state index contributed by atoms with van der Waals surface area (Å²) in [4.78, 5) is 15.7. The lowest BCUT2D eigenvalue weighted by Gasteiger charge is -2.31. The van der Waals surface area contributed by atoms with Crippen molar-refractivity contribution in [3.05, 3.63) is 132 Å². The van der Waals surface area contributed by atoms with E-state index in [1.807, 2.05) is 88.6 Å². The minimum atomic E-state index is -0.444. The lowest BCUT2D eigenvalue weighted by Crippen LogP contribution is -2.38. The summed E-state index contributed by atoms with van der Waals surface area (Å²) in [7, 11) is 0. The van der Waals surface area contributed by atoms with Gasteiger partial charge in [0, 0.05) is 17.4 Å². The highest BCUT2D eigenvalue weighted by Gasteiger charge is 2.36. The molecule has 5 aromatic rings. The number of nitrogens with one attached hydrogen (secondary N) is 1. The van der Waals surface area contributed by atoms with E-state index in [1.165, 1.54) is 12.1 Å². The summed E-state index contributed by atoms with van der Waals surface area (Å²) < 4.78 is 18.0. The van der Waals surface area contributed by atoms with Crippen molar-refractivity contribution in [2.45, 2.75) is 25.9 Å². The van der Waals surface area contributed by atoms with Gasteiger partial charge in [0.05, 0.1) is 29.7 Å². The summed E-state index contributed by atoms with van der Waals surface area (Å²) in [6.45, 7) is 2.42. The van der Waals surface area contributed by atoms with Crippen molar-refractivity contribution >= 4 is 11.7 Å². The average molecular weight is 492 g/mol. The minimum Gasteiger partial charge on any atom is -0.308 e. The third-order valence-electron chi connectivity index (χ3n) is 6.78. The topological polar surface area (TPSA) is 55.1 Å². The van der Waals surface area contributed by atoms with Crippen LogP contribution in [0.2, 0.25) is 0 Å². The first-order valence-electron chi connectivity index (χ1n) is 12.4. The van der Waals surface area contributed by atoms with Crippen LogP contribution in [0.1, 0.15) is 35.5 Å². The standard InChI is InChI=1S/C30H26FN5O/c1-2-26-25-20-35(30(37)32-23-10-5-3-6-11-23)28(21-15-17-22(31)18-16-21)27-14-9-19-34(27)29(25)36(33-26)24-12-7-4-8-13-24/h3-19,28H,2,20H2,1H3,(H,32,37)/t28-/m1/s1. The van der Waals surface area contributed by atoms with Crippen LogP contribution in [0.25, 0.3) is 11.5 Å². The molecule has 7 heteroatoms. The van der Waals surface area contributed by atoms with Gasteiger partial charge < -0.3 is 14.8 Å². The minimum absolute atomic E-state index is 0.240. The number of halogens is 1. The fourth-order valence-electron chi connectivity index (χ4n) is 5.06. The predicted octanol–water partition coefficient (Wildman–Crippen LogP) is 6.50. The number of fused-ring (bicyclic) bond motifs is 3. The second kappa shape index (κ2) is 9.43. The van der Waals surface area contributed by atoms with Crippen LogP contribution in [0.3, 0.4) is 0 Å². The number of aromatic nitrogens is 3. The van der Waals surface area contributed by atoms with Crippen molar-refractivity contribution in [3.63, 3.8) is 0 Å². The van der Waals surface area contributed by atoms with Crippen LogP contribution < -0.4 is 5.32 Å². The number of rotatable bonds is 4. The highest BCUT2D eigenvalue weighted by molar-refractivity contribution is 5.90. The SMILES string of the molecule is CCc1nn(-c2ccccc2)c2c1CN(C(=O)Nc1ccccc1)[C@H](c1ccc(F)cc1)c1cccn1-2. The number of para-hydroxylation sites is 2. The molecule has 0 spiro atoms. The normalized spacial score (nSPS) is 14.5. The van der Waals surface area contributed by atoms with Crippen molar-refractivity contribution in [1.29, 1.82) is 0 Å². The first kappa shape index (κ1) is 22.8. The molecular weight excluding hydrogens is 465 g/mol. The smallest absolute Gasteiger partial charge is 0.308 e. The van der Waals surface area contributed by atoms with E-state index in [4.69, 9.17) is 5.10 Å². The molecular formula is C30H26FN5O. The second-order valence-corrected chi connectivity index (χ2v) is 9.03. The molecule has 184 valence electrons. The Morgan fingerprint density at radius 2 is 1.65 bits per heavy atom. The van der Waals surface area contributed by atoms with Gasteiger partial charge in [0.2, 0.25) is 0 Å². The van der Waals surface area contributed by atoms with Crippen LogP contribution in [-0.4, -0.2) is 25.3 Å². The van der Waals surface area contributed by atoms with Gasteiger partial charge in [-0.15, -0.1) is 0 Å². The van der Waals surface area contributed by atoms with E-state index in [2.05, 4.69) is 16.8 Å². The Morgan fingerprint density at radius 3 is 2.35 bits per heavy atom.